The Morgan fingerprint density at radius 1 is 1.15 bits per heavy atom. The lowest BCUT2D eigenvalue weighted by molar-refractivity contribution is -0.115. The molecule has 0 aromatic heterocycles. The minimum atomic E-state index is -1.77. The van der Waals surface area contributed by atoms with Gasteiger partial charge in [-0.15, -0.1) is 0 Å². The van der Waals surface area contributed by atoms with Crippen LogP contribution >= 0.6 is 0 Å². The largest absolute Gasteiger partial charge is 0.394 e. The molecule has 26 heavy (non-hydrogen) atoms. The minimum Gasteiger partial charge on any atom is -0.394 e. The van der Waals surface area contributed by atoms with Gasteiger partial charge in [-0.25, -0.2) is 10.4 Å². The summed E-state index contributed by atoms with van der Waals surface area (Å²) >= 11 is 0. The summed E-state index contributed by atoms with van der Waals surface area (Å²) in [6.07, 6.45) is -4.33. The van der Waals surface area contributed by atoms with Gasteiger partial charge < -0.3 is 25.5 Å². The summed E-state index contributed by atoms with van der Waals surface area (Å²) in [7, 11) is 0. The molecular weight excluding hydrogens is 344 g/mol. The van der Waals surface area contributed by atoms with Crippen molar-refractivity contribution < 1.29 is 30.3 Å². The maximum atomic E-state index is 11.8. The van der Waals surface area contributed by atoms with Crippen molar-refractivity contribution in [1.29, 1.82) is 0 Å². The summed E-state index contributed by atoms with van der Waals surface area (Å²) in [5.41, 5.74) is 3.33. The van der Waals surface area contributed by atoms with Gasteiger partial charge in [-0.2, -0.15) is 5.10 Å². The van der Waals surface area contributed by atoms with Crippen molar-refractivity contribution in [1.82, 2.24) is 10.7 Å². The summed E-state index contributed by atoms with van der Waals surface area (Å²) < 4.78 is 0. The van der Waals surface area contributed by atoms with Gasteiger partial charge >= 0.3 is 0 Å². The Labute approximate surface area is 148 Å². The number of hydrazone groups is 1. The number of amides is 1. The highest BCUT2D eigenvalue weighted by molar-refractivity contribution is 6.13. The van der Waals surface area contributed by atoms with Gasteiger partial charge in [0.05, 0.1) is 12.8 Å². The smallest absolute Gasteiger partial charge is 0.276 e. The van der Waals surface area contributed by atoms with Gasteiger partial charge in [0.1, 0.15) is 30.1 Å². The van der Waals surface area contributed by atoms with E-state index in [-0.39, 0.29) is 11.7 Å². The second-order valence-corrected chi connectivity index (χ2v) is 5.47. The van der Waals surface area contributed by atoms with Gasteiger partial charge in [0.2, 0.25) is 5.96 Å². The van der Waals surface area contributed by atoms with Crippen LogP contribution in [0.25, 0.3) is 6.08 Å². The molecular formula is C16H20N4O6. The highest BCUT2D eigenvalue weighted by Gasteiger charge is 2.29. The van der Waals surface area contributed by atoms with Crippen LogP contribution in [0.3, 0.4) is 0 Å². The Bertz CT molecular complexity index is 706. The summed E-state index contributed by atoms with van der Waals surface area (Å²) in [6.45, 7) is -0.778. The molecule has 0 aliphatic carbocycles. The molecule has 0 fully saturated rings. The number of guanidine groups is 1. The maximum Gasteiger partial charge on any atom is 0.276 e. The molecule has 1 aliphatic rings. The van der Waals surface area contributed by atoms with Crippen molar-refractivity contribution in [2.75, 3.05) is 6.61 Å². The molecule has 0 bridgehead atoms. The lowest BCUT2D eigenvalue weighted by Crippen LogP contribution is -2.46. The molecule has 0 spiro atoms. The van der Waals surface area contributed by atoms with Crippen molar-refractivity contribution in [3.8, 4) is 0 Å². The number of benzene rings is 1. The van der Waals surface area contributed by atoms with Crippen molar-refractivity contribution in [2.45, 2.75) is 24.4 Å². The number of aliphatic hydroxyl groups is 5. The molecule has 1 heterocycles. The third kappa shape index (κ3) is 5.18. The Morgan fingerprint density at radius 2 is 1.85 bits per heavy atom. The molecule has 1 aromatic rings. The number of hydrogen-bond donors (Lipinski definition) is 7. The third-order valence-corrected chi connectivity index (χ3v) is 3.48. The molecule has 10 nitrogen and oxygen atoms in total. The van der Waals surface area contributed by atoms with Gasteiger partial charge in [-0.1, -0.05) is 30.3 Å². The van der Waals surface area contributed by atoms with E-state index in [1.165, 1.54) is 0 Å². The second kappa shape index (κ2) is 9.17. The molecule has 0 radical (unpaired) electrons. The van der Waals surface area contributed by atoms with E-state index in [1.54, 1.807) is 6.08 Å². The van der Waals surface area contributed by atoms with Gasteiger partial charge in [-0.05, 0) is 11.6 Å². The molecule has 0 saturated carbocycles. The fraction of sp³-hybridized carbons (Fsp3) is 0.312. The average molecular weight is 364 g/mol. The topological polar surface area (TPSA) is 167 Å². The predicted molar refractivity (Wildman–Crippen MR) is 92.7 cm³/mol. The number of aliphatic imine (C=N–C) groups is 1. The SMILES string of the molecule is O=C1NC(N/N=C/[C@@H](O)[C@@H](O)[C@H](O)[C@H](O)CO)=N/C1=C\c1ccccc1. The summed E-state index contributed by atoms with van der Waals surface area (Å²) in [5.74, 6) is -0.417. The molecule has 1 amide bonds. The van der Waals surface area contributed by atoms with Crippen molar-refractivity contribution in [3.63, 3.8) is 0 Å². The molecule has 1 aromatic carbocycles. The Balaban J connectivity index is 1.95. The molecule has 2 rings (SSSR count). The average Bonchev–Trinajstić information content (AvgIpc) is 2.99. The molecule has 10 heteroatoms. The van der Waals surface area contributed by atoms with Crippen LogP contribution in [0.2, 0.25) is 0 Å². The fourth-order valence-electron chi connectivity index (χ4n) is 2.03. The van der Waals surface area contributed by atoms with Crippen LogP contribution in [-0.2, 0) is 4.79 Å². The molecule has 1 aliphatic heterocycles. The van der Waals surface area contributed by atoms with E-state index < -0.39 is 36.9 Å². The van der Waals surface area contributed by atoms with E-state index in [0.717, 1.165) is 11.8 Å². The van der Waals surface area contributed by atoms with Gasteiger partial charge in [0.25, 0.3) is 5.91 Å². The second-order valence-electron chi connectivity index (χ2n) is 5.47. The summed E-state index contributed by atoms with van der Waals surface area (Å²) in [6, 6.07) is 9.10. The van der Waals surface area contributed by atoms with Crippen LogP contribution < -0.4 is 10.7 Å². The van der Waals surface area contributed by atoms with Crippen molar-refractivity contribution >= 4 is 24.2 Å². The third-order valence-electron chi connectivity index (χ3n) is 3.48. The Morgan fingerprint density at radius 3 is 2.50 bits per heavy atom. The first-order chi connectivity index (χ1) is 12.4. The Hall–Kier alpha value is -2.63. The Kier molecular flexibility index (Phi) is 6.95. The van der Waals surface area contributed by atoms with E-state index >= 15 is 0 Å². The van der Waals surface area contributed by atoms with Crippen LogP contribution in [0.1, 0.15) is 5.56 Å². The highest BCUT2D eigenvalue weighted by atomic mass is 16.4. The number of carbonyl (C=O) groups excluding carboxylic acids is 1. The van der Waals surface area contributed by atoms with E-state index in [1.807, 2.05) is 30.3 Å². The van der Waals surface area contributed by atoms with Crippen LogP contribution in [0.15, 0.2) is 46.1 Å². The van der Waals surface area contributed by atoms with Crippen molar-refractivity contribution in [3.05, 3.63) is 41.6 Å². The lowest BCUT2D eigenvalue weighted by atomic mass is 10.0. The number of rotatable bonds is 7. The van der Waals surface area contributed by atoms with Gasteiger partial charge in [-0.3, -0.25) is 10.1 Å². The molecule has 0 unspecified atom stereocenters. The van der Waals surface area contributed by atoms with Crippen LogP contribution in [0.5, 0.6) is 0 Å². The van der Waals surface area contributed by atoms with E-state index in [9.17, 15) is 25.2 Å². The monoisotopic (exact) mass is 364 g/mol. The van der Waals surface area contributed by atoms with E-state index in [4.69, 9.17) is 5.11 Å². The zero-order chi connectivity index (χ0) is 19.1. The number of hydrogen-bond acceptors (Lipinski definition) is 9. The highest BCUT2D eigenvalue weighted by Crippen LogP contribution is 2.11. The van der Waals surface area contributed by atoms with Gasteiger partial charge in [0.15, 0.2) is 0 Å². The first-order valence-electron chi connectivity index (χ1n) is 7.71. The normalized spacial score (nSPS) is 20.6. The quantitative estimate of drug-likeness (QED) is 0.160. The standard InChI is InChI=1S/C16H20N4O6/c21-8-12(23)14(25)13(24)11(22)7-17-20-16-18-10(15(26)19-16)6-9-4-2-1-3-5-9/h1-7,11-14,21-25H,8H2,(H2,18,19,20,26)/b10-6-,17-7+/t11-,12-,13-,14-/m1/s1. The van der Waals surface area contributed by atoms with Gasteiger partial charge in [0, 0.05) is 0 Å². The number of carbonyl (C=O) groups is 1. The summed E-state index contributed by atoms with van der Waals surface area (Å²) in [4.78, 5) is 15.8. The van der Waals surface area contributed by atoms with E-state index in [0.29, 0.717) is 0 Å². The lowest BCUT2D eigenvalue weighted by Gasteiger charge is -2.23. The fourth-order valence-corrected chi connectivity index (χ4v) is 2.03. The first kappa shape index (κ1) is 19.7. The van der Waals surface area contributed by atoms with Crippen molar-refractivity contribution in [2.24, 2.45) is 10.1 Å². The maximum absolute atomic E-state index is 11.8. The van der Waals surface area contributed by atoms with Crippen LogP contribution in [0, 0.1) is 0 Å². The zero-order valence-electron chi connectivity index (χ0n) is 13.6. The minimum absolute atomic E-state index is 0.0195. The first-order valence-corrected chi connectivity index (χ1v) is 7.71. The number of aliphatic hydroxyl groups excluding tert-OH is 5. The van der Waals surface area contributed by atoms with Crippen LogP contribution in [0.4, 0.5) is 0 Å². The molecule has 140 valence electrons. The number of nitrogens with zero attached hydrogens (tertiary/aromatic N) is 2. The molecule has 4 atom stereocenters. The van der Waals surface area contributed by atoms with E-state index in [2.05, 4.69) is 20.8 Å². The predicted octanol–water partition coefficient (Wildman–Crippen LogP) is -2.48. The molecule has 0 saturated heterocycles. The molecule has 7 N–H and O–H groups in total. The zero-order valence-corrected chi connectivity index (χ0v) is 13.6. The summed E-state index contributed by atoms with van der Waals surface area (Å²) in [5, 5.41) is 52.7. The van der Waals surface area contributed by atoms with Crippen LogP contribution in [-0.4, -0.2) is 74.6 Å². The number of nitrogens with one attached hydrogen (secondary N) is 2.